The van der Waals surface area contributed by atoms with Gasteiger partial charge in [-0.1, -0.05) is 12.1 Å². The first-order valence-electron chi connectivity index (χ1n) is 13.0. The Kier molecular flexibility index (Phi) is 7.36. The van der Waals surface area contributed by atoms with Gasteiger partial charge in [0.2, 0.25) is 15.9 Å². The van der Waals surface area contributed by atoms with Crippen LogP contribution in [0, 0.1) is 17.5 Å². The number of hydrogen-bond donors (Lipinski definition) is 1. The van der Waals surface area contributed by atoms with E-state index in [1.807, 2.05) is 0 Å². The summed E-state index contributed by atoms with van der Waals surface area (Å²) >= 11 is 0. The van der Waals surface area contributed by atoms with Crippen LogP contribution in [0.4, 0.5) is 18.0 Å². The number of nitrogens with zero attached hydrogens (tertiary/aromatic N) is 2. The van der Waals surface area contributed by atoms with Gasteiger partial charge in [0.15, 0.2) is 11.6 Å². The van der Waals surface area contributed by atoms with Crippen molar-refractivity contribution in [3.63, 3.8) is 0 Å². The number of amides is 2. The lowest BCUT2D eigenvalue weighted by atomic mass is 9.90. The number of likely N-dealkylation sites (tertiary alicyclic amines) is 1. The van der Waals surface area contributed by atoms with Crippen LogP contribution in [0.2, 0.25) is 0 Å². The summed E-state index contributed by atoms with van der Waals surface area (Å²) in [4.78, 5) is 25.6. The van der Waals surface area contributed by atoms with Crippen LogP contribution in [0.1, 0.15) is 57.1 Å². The average molecular weight is 566 g/mol. The summed E-state index contributed by atoms with van der Waals surface area (Å²) in [5.41, 5.74) is -0.688. The van der Waals surface area contributed by atoms with Crippen LogP contribution in [-0.4, -0.2) is 60.4 Å². The maximum absolute atomic E-state index is 14.2. The van der Waals surface area contributed by atoms with Crippen molar-refractivity contribution in [1.29, 1.82) is 0 Å². The van der Waals surface area contributed by atoms with E-state index >= 15 is 0 Å². The van der Waals surface area contributed by atoms with Crippen molar-refractivity contribution in [2.75, 3.05) is 13.1 Å². The van der Waals surface area contributed by atoms with E-state index in [4.69, 9.17) is 4.74 Å². The average Bonchev–Trinajstić information content (AvgIpc) is 3.52. The van der Waals surface area contributed by atoms with Gasteiger partial charge in [-0.25, -0.2) is 26.4 Å². The molecule has 5 rings (SSSR count). The monoisotopic (exact) mass is 565 g/mol. The molecule has 0 aromatic heterocycles. The fourth-order valence-electron chi connectivity index (χ4n) is 5.79. The highest BCUT2D eigenvalue weighted by atomic mass is 32.2. The highest BCUT2D eigenvalue weighted by Crippen LogP contribution is 2.52. The number of carbonyl (C=O) groups excluding carboxylic acids is 2. The van der Waals surface area contributed by atoms with E-state index in [0.29, 0.717) is 56.7 Å². The summed E-state index contributed by atoms with van der Waals surface area (Å²) in [7, 11) is -4.43. The maximum Gasteiger partial charge on any atom is 0.410 e. The van der Waals surface area contributed by atoms with Crippen LogP contribution in [0.5, 0.6) is 0 Å². The molecule has 8 nitrogen and oxygen atoms in total. The zero-order chi connectivity index (χ0) is 27.9. The molecular formula is C27H30F3N3O5S. The highest BCUT2D eigenvalue weighted by molar-refractivity contribution is 7.89. The minimum atomic E-state index is -4.43. The third-order valence-corrected chi connectivity index (χ3v) is 9.68. The fourth-order valence-corrected chi connectivity index (χ4v) is 7.72. The van der Waals surface area contributed by atoms with Crippen molar-refractivity contribution in [2.24, 2.45) is 0 Å². The zero-order valence-electron chi connectivity index (χ0n) is 21.4. The number of ether oxygens (including phenoxy) is 1. The number of halogens is 3. The molecule has 12 heteroatoms. The summed E-state index contributed by atoms with van der Waals surface area (Å²) in [5, 5.41) is 2.79. The first kappa shape index (κ1) is 27.4. The molecule has 2 aromatic rings. The summed E-state index contributed by atoms with van der Waals surface area (Å²) in [6.07, 6.45) is 2.15. The molecule has 210 valence electrons. The first-order chi connectivity index (χ1) is 18.5. The number of nitrogens with one attached hydrogen (secondary N) is 1. The van der Waals surface area contributed by atoms with E-state index < -0.39 is 56.1 Å². The van der Waals surface area contributed by atoms with Crippen LogP contribution in [0.15, 0.2) is 47.4 Å². The summed E-state index contributed by atoms with van der Waals surface area (Å²) in [5.74, 6) is -3.21. The Balaban J connectivity index is 1.48. The fraction of sp³-hybridized carbons (Fsp3) is 0.481. The maximum atomic E-state index is 14.2. The number of carbonyl (C=O) groups is 2. The predicted octanol–water partition coefficient (Wildman–Crippen LogP) is 4.27. The third kappa shape index (κ3) is 5.49. The zero-order valence-corrected chi connectivity index (χ0v) is 22.2. The Bertz CT molecular complexity index is 1380. The Morgan fingerprint density at radius 1 is 1.03 bits per heavy atom. The number of hydrogen-bond acceptors (Lipinski definition) is 5. The summed E-state index contributed by atoms with van der Waals surface area (Å²) in [6.45, 7) is 2.07. The molecule has 1 N–H and O–H groups in total. The van der Waals surface area contributed by atoms with Crippen molar-refractivity contribution in [1.82, 2.24) is 14.5 Å². The second-order valence-corrected chi connectivity index (χ2v) is 12.3. The van der Waals surface area contributed by atoms with Crippen LogP contribution in [-0.2, 0) is 19.6 Å². The highest BCUT2D eigenvalue weighted by Gasteiger charge is 2.60. The van der Waals surface area contributed by atoms with Crippen molar-refractivity contribution < 1.29 is 35.9 Å². The van der Waals surface area contributed by atoms with E-state index in [-0.39, 0.29) is 18.5 Å². The number of benzene rings is 2. The number of sulfonamides is 1. The van der Waals surface area contributed by atoms with Gasteiger partial charge in [-0.3, -0.25) is 4.79 Å². The third-order valence-electron chi connectivity index (χ3n) is 7.76. The van der Waals surface area contributed by atoms with Gasteiger partial charge in [0.25, 0.3) is 0 Å². The Hall–Kier alpha value is -3.12. The first-order valence-corrected chi connectivity index (χ1v) is 14.4. The van der Waals surface area contributed by atoms with Crippen molar-refractivity contribution in [3.8, 4) is 0 Å². The normalized spacial score (nSPS) is 24.8. The van der Waals surface area contributed by atoms with Crippen LogP contribution in [0.3, 0.4) is 0 Å². The minimum absolute atomic E-state index is 0.192. The smallest absolute Gasteiger partial charge is 0.410 e. The summed E-state index contributed by atoms with van der Waals surface area (Å²) < 4.78 is 77.3. The lowest BCUT2D eigenvalue weighted by Crippen LogP contribution is -2.54. The molecule has 1 unspecified atom stereocenters. The van der Waals surface area contributed by atoms with E-state index in [1.54, 1.807) is 6.07 Å². The molecule has 39 heavy (non-hydrogen) atoms. The van der Waals surface area contributed by atoms with Crippen molar-refractivity contribution >= 4 is 22.0 Å². The molecule has 2 saturated heterocycles. The SMILES string of the molecule is CC(=O)NC1CCN(C(=O)OC2([C@H]3CCC[C@@H](c4cccc(F)c4)N3S(=O)(=O)c3ccc(F)c(F)c3)CC2)C1. The van der Waals surface area contributed by atoms with Gasteiger partial charge in [0.05, 0.1) is 17.0 Å². The minimum Gasteiger partial charge on any atom is -0.441 e. The van der Waals surface area contributed by atoms with E-state index in [9.17, 15) is 31.2 Å². The Labute approximate surface area is 225 Å². The topological polar surface area (TPSA) is 96.0 Å². The molecule has 2 amide bonds. The Morgan fingerprint density at radius 3 is 2.46 bits per heavy atom. The largest absolute Gasteiger partial charge is 0.441 e. The molecule has 2 aliphatic heterocycles. The van der Waals surface area contributed by atoms with Crippen LogP contribution in [0.25, 0.3) is 0 Å². The molecular weight excluding hydrogens is 535 g/mol. The van der Waals surface area contributed by atoms with E-state index in [2.05, 4.69) is 5.32 Å². The van der Waals surface area contributed by atoms with Crippen LogP contribution >= 0.6 is 0 Å². The van der Waals surface area contributed by atoms with Gasteiger partial charge in [-0.05, 0) is 74.4 Å². The van der Waals surface area contributed by atoms with E-state index in [0.717, 1.165) is 12.1 Å². The van der Waals surface area contributed by atoms with Crippen LogP contribution < -0.4 is 5.32 Å². The molecule has 3 aliphatic rings. The van der Waals surface area contributed by atoms with Crippen molar-refractivity contribution in [3.05, 3.63) is 65.5 Å². The molecule has 3 atom stereocenters. The lowest BCUT2D eigenvalue weighted by molar-refractivity contribution is -0.119. The molecule has 2 aromatic carbocycles. The number of rotatable bonds is 6. The van der Waals surface area contributed by atoms with Gasteiger partial charge >= 0.3 is 6.09 Å². The molecule has 1 saturated carbocycles. The molecule has 0 bridgehead atoms. The van der Waals surface area contributed by atoms with Gasteiger partial charge in [0.1, 0.15) is 11.4 Å². The predicted molar refractivity (Wildman–Crippen MR) is 134 cm³/mol. The quantitative estimate of drug-likeness (QED) is 0.565. The molecule has 2 heterocycles. The second kappa shape index (κ2) is 10.5. The number of piperidine rings is 1. The van der Waals surface area contributed by atoms with Gasteiger partial charge in [-0.15, -0.1) is 0 Å². The standard InChI is InChI=1S/C27H30F3N3O5S/c1-17(34)31-20-10-13-32(16-20)26(35)38-27(11-12-27)25-7-3-6-24(18-4-2-5-19(28)14-18)33(25)39(36,37)21-8-9-22(29)23(30)15-21/h2,4-5,8-9,14-15,20,24-25H,3,6-7,10-13,16H2,1H3,(H,31,34)/t20?,24-,25+/m0/s1. The molecule has 0 spiro atoms. The molecule has 3 fully saturated rings. The molecule has 0 radical (unpaired) electrons. The summed E-state index contributed by atoms with van der Waals surface area (Å²) in [6, 6.07) is 6.24. The lowest BCUT2D eigenvalue weighted by Gasteiger charge is -2.44. The van der Waals surface area contributed by atoms with Gasteiger partial charge in [0, 0.05) is 26.1 Å². The second-order valence-electron chi connectivity index (χ2n) is 10.5. The van der Waals surface area contributed by atoms with Gasteiger partial charge < -0.3 is 15.0 Å². The Morgan fingerprint density at radius 2 is 1.79 bits per heavy atom. The molecule has 1 aliphatic carbocycles. The van der Waals surface area contributed by atoms with Gasteiger partial charge in [-0.2, -0.15) is 4.31 Å². The van der Waals surface area contributed by atoms with Crippen molar-refractivity contribution in [2.45, 2.75) is 74.1 Å². The van der Waals surface area contributed by atoms with E-state index in [1.165, 1.54) is 34.3 Å².